The number of aliphatic hydroxyl groups excluding tert-OH is 2. The van der Waals surface area contributed by atoms with E-state index in [9.17, 15) is 30.0 Å². The van der Waals surface area contributed by atoms with Gasteiger partial charge in [-0.2, -0.15) is 0 Å². The summed E-state index contributed by atoms with van der Waals surface area (Å²) in [6.45, 7) is 8.40. The molecule has 6 rings (SSSR count). The number of phenolic OH excluding ortho intramolecular Hbond substituents is 1. The van der Waals surface area contributed by atoms with Gasteiger partial charge < -0.3 is 30.1 Å². The Kier molecular flexibility index (Phi) is 6.06. The molecule has 1 spiro atoms. The van der Waals surface area contributed by atoms with Crippen LogP contribution in [0.5, 0.6) is 11.5 Å². The predicted octanol–water partition coefficient (Wildman–Crippen LogP) is 3.92. The van der Waals surface area contributed by atoms with Gasteiger partial charge in [-0.1, -0.05) is 58.0 Å². The van der Waals surface area contributed by atoms with Crippen molar-refractivity contribution < 1.29 is 34.8 Å². The van der Waals surface area contributed by atoms with E-state index in [0.29, 0.717) is 29.7 Å². The van der Waals surface area contributed by atoms with Crippen molar-refractivity contribution in [2.75, 3.05) is 0 Å². The van der Waals surface area contributed by atoms with Gasteiger partial charge in [-0.3, -0.25) is 4.79 Å². The lowest BCUT2D eigenvalue weighted by atomic mass is 9.43. The first-order valence-electron chi connectivity index (χ1n) is 14.3. The molecule has 0 saturated heterocycles. The van der Waals surface area contributed by atoms with Gasteiger partial charge in [0, 0.05) is 29.4 Å². The highest BCUT2D eigenvalue weighted by Crippen LogP contribution is 2.67. The van der Waals surface area contributed by atoms with Crippen LogP contribution in [0.25, 0.3) is 0 Å². The van der Waals surface area contributed by atoms with Crippen molar-refractivity contribution in [1.82, 2.24) is 4.90 Å². The molecule has 0 aromatic heterocycles. The van der Waals surface area contributed by atoms with Gasteiger partial charge >= 0.3 is 5.97 Å². The molecule has 2 aromatic rings. The summed E-state index contributed by atoms with van der Waals surface area (Å²) in [4.78, 5) is 27.3. The van der Waals surface area contributed by atoms with Crippen molar-refractivity contribution in [3.63, 3.8) is 0 Å². The number of carboxylic acid groups (broad SMARTS) is 1. The predicted molar refractivity (Wildman–Crippen MR) is 147 cm³/mol. The zero-order chi connectivity index (χ0) is 28.8. The van der Waals surface area contributed by atoms with Crippen LogP contribution in [0.1, 0.15) is 74.0 Å². The number of hydrogen-bond donors (Lipinski definition) is 4. The Hall–Kier alpha value is -3.10. The maximum Gasteiger partial charge on any atom is 0.326 e. The van der Waals surface area contributed by atoms with Crippen molar-refractivity contribution in [3.8, 4) is 11.5 Å². The third-order valence-electron chi connectivity index (χ3n) is 11.0. The molecule has 1 amide bonds. The van der Waals surface area contributed by atoms with Crippen molar-refractivity contribution in [2.45, 2.75) is 90.2 Å². The van der Waals surface area contributed by atoms with Crippen LogP contribution in [0, 0.1) is 22.7 Å². The third-order valence-corrected chi connectivity index (χ3v) is 11.0. The molecule has 8 nitrogen and oxygen atoms in total. The number of nitrogens with zero attached hydrogens (tertiary/aromatic N) is 1. The molecule has 4 aliphatic rings. The normalized spacial score (nSPS) is 34.6. The number of phenols is 1. The van der Waals surface area contributed by atoms with Gasteiger partial charge in [0.25, 0.3) is 5.91 Å². The van der Waals surface area contributed by atoms with Crippen LogP contribution < -0.4 is 4.74 Å². The highest BCUT2D eigenvalue weighted by molar-refractivity contribution is 6.02. The van der Waals surface area contributed by atoms with Crippen LogP contribution in [0.4, 0.5) is 0 Å². The molecule has 2 heterocycles. The first-order chi connectivity index (χ1) is 18.8. The molecule has 0 bridgehead atoms. The molecule has 40 heavy (non-hydrogen) atoms. The Morgan fingerprint density at radius 1 is 1.12 bits per heavy atom. The summed E-state index contributed by atoms with van der Waals surface area (Å²) < 4.78 is 7.00. The van der Waals surface area contributed by atoms with Crippen LogP contribution >= 0.6 is 0 Å². The number of carboxylic acids is 1. The molecule has 0 radical (unpaired) electrons. The lowest BCUT2D eigenvalue weighted by molar-refractivity contribution is -0.240. The highest BCUT2D eigenvalue weighted by Gasteiger charge is 2.69. The quantitative estimate of drug-likeness (QED) is 0.455. The van der Waals surface area contributed by atoms with E-state index in [0.717, 1.165) is 18.4 Å². The lowest BCUT2D eigenvalue weighted by Gasteiger charge is -2.64. The number of benzene rings is 2. The van der Waals surface area contributed by atoms with E-state index in [-0.39, 0.29) is 36.1 Å². The first kappa shape index (κ1) is 27.1. The second-order valence-electron chi connectivity index (χ2n) is 13.4. The maximum absolute atomic E-state index is 13.6. The second kappa shape index (κ2) is 8.95. The van der Waals surface area contributed by atoms with E-state index in [2.05, 4.69) is 13.8 Å². The number of aliphatic hydroxyl groups is 2. The van der Waals surface area contributed by atoms with Gasteiger partial charge in [0.05, 0.1) is 24.3 Å². The van der Waals surface area contributed by atoms with Crippen molar-refractivity contribution in [1.29, 1.82) is 0 Å². The number of carbonyl (C=O) groups is 2. The zero-order valence-electron chi connectivity index (χ0n) is 23.6. The van der Waals surface area contributed by atoms with E-state index < -0.39 is 46.6 Å². The molecule has 2 aliphatic heterocycles. The fraction of sp³-hybridized carbons (Fsp3) is 0.562. The van der Waals surface area contributed by atoms with E-state index in [1.807, 2.05) is 44.2 Å². The van der Waals surface area contributed by atoms with Gasteiger partial charge in [-0.15, -0.1) is 0 Å². The SMILES string of the molecule is CC1CCC2C(C)(C)C(O)C(O)CC2(C)C12Cc1c(O)cc3c(c1O2)CN(C(Cc1ccccc1)C(=O)O)C3=O. The van der Waals surface area contributed by atoms with Crippen LogP contribution in [0.15, 0.2) is 36.4 Å². The van der Waals surface area contributed by atoms with Gasteiger partial charge in [-0.25, -0.2) is 4.79 Å². The fourth-order valence-corrected chi connectivity index (χ4v) is 8.85. The molecule has 4 N–H and O–H groups in total. The molecule has 2 saturated carbocycles. The van der Waals surface area contributed by atoms with E-state index in [4.69, 9.17) is 4.74 Å². The minimum atomic E-state index is -1.09. The standard InChI is InChI=1S/C32H39NO7/c1-17-10-11-25-30(2,3)27(36)24(35)15-31(25,4)32(17)14-20-23(34)13-19-21(26(20)40-32)16-33(28(19)37)22(29(38)39)12-18-8-6-5-7-9-18/h5-9,13,17,22,24-25,27,34-36H,10-12,14-16H2,1-4H3,(H,38,39). The van der Waals surface area contributed by atoms with Crippen LogP contribution in [-0.4, -0.2) is 61.1 Å². The molecule has 214 valence electrons. The van der Waals surface area contributed by atoms with E-state index in [1.165, 1.54) is 11.0 Å². The first-order valence-corrected chi connectivity index (χ1v) is 14.3. The molecule has 7 atom stereocenters. The summed E-state index contributed by atoms with van der Waals surface area (Å²) >= 11 is 0. The Morgan fingerprint density at radius 3 is 2.50 bits per heavy atom. The van der Waals surface area contributed by atoms with Gasteiger partial charge in [0.1, 0.15) is 23.1 Å². The Bertz CT molecular complexity index is 1370. The molecular weight excluding hydrogens is 510 g/mol. The monoisotopic (exact) mass is 549 g/mol. The summed E-state index contributed by atoms with van der Waals surface area (Å²) in [7, 11) is 0. The maximum atomic E-state index is 13.6. The van der Waals surface area contributed by atoms with E-state index >= 15 is 0 Å². The number of hydrogen-bond acceptors (Lipinski definition) is 6. The van der Waals surface area contributed by atoms with Crippen molar-refractivity contribution >= 4 is 11.9 Å². The molecule has 7 unspecified atom stereocenters. The third kappa shape index (κ3) is 3.58. The molecule has 2 aliphatic carbocycles. The number of amides is 1. The smallest absolute Gasteiger partial charge is 0.326 e. The zero-order valence-corrected chi connectivity index (χ0v) is 23.6. The Labute approximate surface area is 234 Å². The van der Waals surface area contributed by atoms with Gasteiger partial charge in [0.2, 0.25) is 0 Å². The van der Waals surface area contributed by atoms with Crippen molar-refractivity contribution in [3.05, 3.63) is 58.7 Å². The van der Waals surface area contributed by atoms with Gasteiger partial charge in [-0.05, 0) is 48.1 Å². The summed E-state index contributed by atoms with van der Waals surface area (Å²) in [5, 5.41) is 43.3. The number of rotatable bonds is 4. The van der Waals surface area contributed by atoms with Crippen LogP contribution in [0.2, 0.25) is 0 Å². The Morgan fingerprint density at radius 2 is 1.82 bits per heavy atom. The molecule has 2 fully saturated rings. The molecule has 2 aromatic carbocycles. The molecule has 8 heteroatoms. The van der Waals surface area contributed by atoms with E-state index in [1.54, 1.807) is 0 Å². The summed E-state index contributed by atoms with van der Waals surface area (Å²) in [6.07, 6.45) is 0.972. The van der Waals surface area contributed by atoms with Crippen molar-refractivity contribution in [2.24, 2.45) is 22.7 Å². The Balaban J connectivity index is 1.39. The average Bonchev–Trinajstić information content (AvgIpc) is 3.46. The number of aliphatic carboxylic acids is 1. The summed E-state index contributed by atoms with van der Waals surface area (Å²) in [5.41, 5.74) is 0.536. The number of carbonyl (C=O) groups excluding carboxylic acids is 1. The van der Waals surface area contributed by atoms with Crippen LogP contribution in [0.3, 0.4) is 0 Å². The number of ether oxygens (including phenoxy) is 1. The number of fused-ring (bicyclic) bond motifs is 5. The minimum Gasteiger partial charge on any atom is -0.508 e. The molecular formula is C32H39NO7. The van der Waals surface area contributed by atoms with Gasteiger partial charge in [0.15, 0.2) is 0 Å². The average molecular weight is 550 g/mol. The fourth-order valence-electron chi connectivity index (χ4n) is 8.85. The second-order valence-corrected chi connectivity index (χ2v) is 13.4. The summed E-state index contributed by atoms with van der Waals surface area (Å²) in [5.74, 6) is -0.909. The topological polar surface area (TPSA) is 128 Å². The largest absolute Gasteiger partial charge is 0.508 e. The number of aromatic hydroxyl groups is 1. The minimum absolute atomic E-state index is 0.0238. The highest BCUT2D eigenvalue weighted by atomic mass is 16.5. The lowest BCUT2D eigenvalue weighted by Crippen LogP contribution is -2.69. The van der Waals surface area contributed by atoms with Crippen LogP contribution in [-0.2, 0) is 24.2 Å². The summed E-state index contributed by atoms with van der Waals surface area (Å²) in [6, 6.07) is 9.64.